The molecule has 0 radical (unpaired) electrons. The highest BCUT2D eigenvalue weighted by molar-refractivity contribution is 7.98. The Kier molecular flexibility index (Phi) is 5.07. The van der Waals surface area contributed by atoms with Gasteiger partial charge in [0.15, 0.2) is 0 Å². The molecule has 1 aliphatic carbocycles. The van der Waals surface area contributed by atoms with E-state index in [1.165, 1.54) is 6.42 Å². The largest absolute Gasteiger partial charge is 0.310 e. The van der Waals surface area contributed by atoms with E-state index in [0.717, 1.165) is 24.2 Å². The topological polar surface area (TPSA) is 12.0 Å². The van der Waals surface area contributed by atoms with E-state index in [4.69, 9.17) is 0 Å². The van der Waals surface area contributed by atoms with Crippen molar-refractivity contribution in [3.63, 3.8) is 0 Å². The predicted octanol–water partition coefficient (Wildman–Crippen LogP) is 3.80. The van der Waals surface area contributed by atoms with E-state index in [0.29, 0.717) is 18.0 Å². The van der Waals surface area contributed by atoms with Crippen molar-refractivity contribution in [1.29, 1.82) is 0 Å². The standard InChI is InChI=1S/C15H22FNS/c1-3-12(10-18-2)17-13-8-11(9-13)14-6-4-5-7-15(14)16/h4-7,11-13,17H,3,8-10H2,1-2H3. The molecule has 1 aliphatic rings. The number of thioether (sulfide) groups is 1. The molecule has 18 heavy (non-hydrogen) atoms. The summed E-state index contributed by atoms with van der Waals surface area (Å²) in [6.45, 7) is 2.22. The van der Waals surface area contributed by atoms with Crippen LogP contribution in [0.3, 0.4) is 0 Å². The molecule has 0 bridgehead atoms. The van der Waals surface area contributed by atoms with Gasteiger partial charge in [0.25, 0.3) is 0 Å². The molecule has 0 spiro atoms. The van der Waals surface area contributed by atoms with Crippen molar-refractivity contribution in [1.82, 2.24) is 5.32 Å². The molecule has 0 saturated heterocycles. The second kappa shape index (κ2) is 6.58. The molecule has 0 aromatic heterocycles. The van der Waals surface area contributed by atoms with Gasteiger partial charge in [-0.25, -0.2) is 4.39 Å². The Hall–Kier alpha value is -0.540. The van der Waals surface area contributed by atoms with Crippen LogP contribution in [0.2, 0.25) is 0 Å². The summed E-state index contributed by atoms with van der Waals surface area (Å²) in [5.74, 6) is 1.53. The summed E-state index contributed by atoms with van der Waals surface area (Å²) in [4.78, 5) is 0. The lowest BCUT2D eigenvalue weighted by molar-refractivity contribution is 0.264. The minimum atomic E-state index is -0.0443. The minimum absolute atomic E-state index is 0.0443. The quantitative estimate of drug-likeness (QED) is 0.841. The van der Waals surface area contributed by atoms with Crippen molar-refractivity contribution in [3.05, 3.63) is 35.6 Å². The number of hydrogen-bond acceptors (Lipinski definition) is 2. The van der Waals surface area contributed by atoms with Gasteiger partial charge in [0.1, 0.15) is 5.82 Å². The van der Waals surface area contributed by atoms with Crippen molar-refractivity contribution < 1.29 is 4.39 Å². The van der Waals surface area contributed by atoms with Crippen LogP contribution in [0.15, 0.2) is 24.3 Å². The van der Waals surface area contributed by atoms with Gasteiger partial charge in [-0.3, -0.25) is 0 Å². The first-order valence-corrected chi connectivity index (χ1v) is 8.13. The van der Waals surface area contributed by atoms with Gasteiger partial charge in [0, 0.05) is 17.8 Å². The smallest absolute Gasteiger partial charge is 0.126 e. The third kappa shape index (κ3) is 3.27. The first-order chi connectivity index (χ1) is 8.74. The van der Waals surface area contributed by atoms with Crippen LogP contribution in [0.25, 0.3) is 0 Å². The molecule has 2 rings (SSSR count). The van der Waals surface area contributed by atoms with Gasteiger partial charge in [0.2, 0.25) is 0 Å². The molecule has 1 unspecified atom stereocenters. The van der Waals surface area contributed by atoms with Crippen LogP contribution in [-0.4, -0.2) is 24.1 Å². The molecule has 0 amide bonds. The predicted molar refractivity (Wildman–Crippen MR) is 77.8 cm³/mol. The average molecular weight is 267 g/mol. The molecule has 1 N–H and O–H groups in total. The fourth-order valence-corrected chi connectivity index (χ4v) is 3.37. The van der Waals surface area contributed by atoms with Gasteiger partial charge in [-0.05, 0) is 43.1 Å². The summed E-state index contributed by atoms with van der Waals surface area (Å²) in [5, 5.41) is 3.68. The summed E-state index contributed by atoms with van der Waals surface area (Å²) in [6.07, 6.45) is 5.46. The van der Waals surface area contributed by atoms with Crippen molar-refractivity contribution >= 4 is 11.8 Å². The lowest BCUT2D eigenvalue weighted by atomic mass is 9.75. The first kappa shape index (κ1) is 13.9. The fourth-order valence-electron chi connectivity index (χ4n) is 2.63. The number of halogens is 1. The van der Waals surface area contributed by atoms with Gasteiger partial charge in [-0.2, -0.15) is 11.8 Å². The third-order valence-electron chi connectivity index (χ3n) is 3.82. The van der Waals surface area contributed by atoms with Gasteiger partial charge < -0.3 is 5.32 Å². The number of nitrogens with one attached hydrogen (secondary N) is 1. The Morgan fingerprint density at radius 2 is 2.11 bits per heavy atom. The molecule has 1 nitrogen and oxygen atoms in total. The summed E-state index contributed by atoms with van der Waals surface area (Å²) in [6, 6.07) is 8.37. The monoisotopic (exact) mass is 267 g/mol. The molecule has 1 saturated carbocycles. The van der Waals surface area contributed by atoms with Gasteiger partial charge in [0.05, 0.1) is 0 Å². The van der Waals surface area contributed by atoms with Gasteiger partial charge >= 0.3 is 0 Å². The summed E-state index contributed by atoms with van der Waals surface area (Å²) in [5.41, 5.74) is 0.897. The highest BCUT2D eigenvalue weighted by Crippen LogP contribution is 2.38. The lowest BCUT2D eigenvalue weighted by Crippen LogP contribution is -2.46. The van der Waals surface area contributed by atoms with E-state index in [2.05, 4.69) is 18.5 Å². The Morgan fingerprint density at radius 1 is 1.39 bits per heavy atom. The van der Waals surface area contributed by atoms with E-state index < -0.39 is 0 Å². The number of hydrogen-bond donors (Lipinski definition) is 1. The summed E-state index contributed by atoms with van der Waals surface area (Å²) in [7, 11) is 0. The maximum absolute atomic E-state index is 13.6. The van der Waals surface area contributed by atoms with Crippen LogP contribution in [0.4, 0.5) is 4.39 Å². The molecular formula is C15H22FNS. The Morgan fingerprint density at radius 3 is 2.72 bits per heavy atom. The highest BCUT2D eigenvalue weighted by atomic mass is 32.2. The molecule has 1 fully saturated rings. The van der Waals surface area contributed by atoms with Crippen LogP contribution >= 0.6 is 11.8 Å². The molecule has 0 heterocycles. The molecule has 100 valence electrons. The SMILES string of the molecule is CCC(CSC)NC1CC(c2ccccc2F)C1. The van der Waals surface area contributed by atoms with Crippen molar-refractivity contribution in [2.45, 2.75) is 44.2 Å². The van der Waals surface area contributed by atoms with E-state index >= 15 is 0 Å². The normalized spacial score (nSPS) is 24.6. The second-order valence-electron chi connectivity index (χ2n) is 5.11. The maximum Gasteiger partial charge on any atom is 0.126 e. The van der Waals surface area contributed by atoms with Gasteiger partial charge in [-0.15, -0.1) is 0 Å². The zero-order valence-electron chi connectivity index (χ0n) is 11.2. The van der Waals surface area contributed by atoms with Crippen LogP contribution in [0.5, 0.6) is 0 Å². The third-order valence-corrected chi connectivity index (χ3v) is 4.55. The number of benzene rings is 1. The van der Waals surface area contributed by atoms with E-state index in [1.54, 1.807) is 12.1 Å². The van der Waals surface area contributed by atoms with Crippen LogP contribution in [-0.2, 0) is 0 Å². The molecule has 0 aliphatic heterocycles. The van der Waals surface area contributed by atoms with E-state index in [-0.39, 0.29) is 5.82 Å². The van der Waals surface area contributed by atoms with Crippen molar-refractivity contribution in [2.24, 2.45) is 0 Å². The second-order valence-corrected chi connectivity index (χ2v) is 6.02. The molecule has 1 atom stereocenters. The van der Waals surface area contributed by atoms with Gasteiger partial charge in [-0.1, -0.05) is 25.1 Å². The highest BCUT2D eigenvalue weighted by Gasteiger charge is 2.32. The lowest BCUT2D eigenvalue weighted by Gasteiger charge is -2.38. The first-order valence-electron chi connectivity index (χ1n) is 6.74. The fraction of sp³-hybridized carbons (Fsp3) is 0.600. The minimum Gasteiger partial charge on any atom is -0.310 e. The molecule has 3 heteroatoms. The van der Waals surface area contributed by atoms with Crippen LogP contribution < -0.4 is 5.32 Å². The zero-order chi connectivity index (χ0) is 13.0. The molecule has 1 aromatic rings. The maximum atomic E-state index is 13.6. The molecular weight excluding hydrogens is 245 g/mol. The van der Waals surface area contributed by atoms with Crippen LogP contribution in [0, 0.1) is 5.82 Å². The Balaban J connectivity index is 1.82. The Bertz CT molecular complexity index is 377. The van der Waals surface area contributed by atoms with Crippen LogP contribution in [0.1, 0.15) is 37.7 Å². The number of rotatable bonds is 6. The molecule has 1 aromatic carbocycles. The Labute approximate surface area is 114 Å². The average Bonchev–Trinajstić information content (AvgIpc) is 2.33. The summed E-state index contributed by atoms with van der Waals surface area (Å²) < 4.78 is 13.6. The van der Waals surface area contributed by atoms with Crippen molar-refractivity contribution in [3.8, 4) is 0 Å². The zero-order valence-corrected chi connectivity index (χ0v) is 12.0. The van der Waals surface area contributed by atoms with Crippen molar-refractivity contribution in [2.75, 3.05) is 12.0 Å². The summed E-state index contributed by atoms with van der Waals surface area (Å²) >= 11 is 1.89. The van der Waals surface area contributed by atoms with E-state index in [9.17, 15) is 4.39 Å². The van der Waals surface area contributed by atoms with E-state index in [1.807, 2.05) is 23.9 Å².